The van der Waals surface area contributed by atoms with E-state index in [9.17, 15) is 4.79 Å². The van der Waals surface area contributed by atoms with E-state index in [1.165, 1.54) is 6.26 Å². The summed E-state index contributed by atoms with van der Waals surface area (Å²) in [7, 11) is 0. The van der Waals surface area contributed by atoms with Crippen LogP contribution < -0.4 is 11.1 Å². The molecule has 88 valence electrons. The highest BCUT2D eigenvalue weighted by molar-refractivity contribution is 6.03. The maximum atomic E-state index is 11.8. The normalized spacial score (nSPS) is 10.2. The van der Waals surface area contributed by atoms with Crippen LogP contribution in [0.25, 0.3) is 0 Å². The van der Waals surface area contributed by atoms with Gasteiger partial charge in [0.15, 0.2) is 5.76 Å². The number of carbonyl (C=O) groups excluding carboxylic acids is 1. The first kappa shape index (κ1) is 11.4. The van der Waals surface area contributed by atoms with Crippen molar-refractivity contribution < 1.29 is 9.21 Å². The number of hydrogen-bond acceptors (Lipinski definition) is 3. The number of hydrogen-bond donors (Lipinski definition) is 2. The summed E-state index contributed by atoms with van der Waals surface area (Å²) in [6, 6.07) is 9.15. The van der Waals surface area contributed by atoms with Crippen molar-refractivity contribution in [1.29, 1.82) is 0 Å². The molecular formula is C13H14N2O2. The number of carbonyl (C=O) groups is 1. The zero-order valence-corrected chi connectivity index (χ0v) is 9.57. The standard InChI is InChI=1S/C13H14N2O2/c1-9-6-7-17-12(9)13(16)15-11-4-2-10(8-14)3-5-11/h2-7H,8,14H2,1H3,(H,15,16). The molecule has 0 unspecified atom stereocenters. The van der Waals surface area contributed by atoms with Gasteiger partial charge in [-0.25, -0.2) is 0 Å². The fourth-order valence-corrected chi connectivity index (χ4v) is 1.52. The van der Waals surface area contributed by atoms with Crippen LogP contribution in [0.3, 0.4) is 0 Å². The number of amides is 1. The Bertz CT molecular complexity index is 514. The highest BCUT2D eigenvalue weighted by atomic mass is 16.3. The van der Waals surface area contributed by atoms with Gasteiger partial charge < -0.3 is 15.5 Å². The Balaban J connectivity index is 2.10. The molecule has 0 aliphatic carbocycles. The van der Waals surface area contributed by atoms with Crippen molar-refractivity contribution in [2.75, 3.05) is 5.32 Å². The quantitative estimate of drug-likeness (QED) is 0.850. The molecule has 3 N–H and O–H groups in total. The molecule has 0 bridgehead atoms. The number of anilines is 1. The molecule has 0 aliphatic rings. The third-order valence-corrected chi connectivity index (χ3v) is 2.52. The monoisotopic (exact) mass is 230 g/mol. The van der Waals surface area contributed by atoms with Gasteiger partial charge in [0, 0.05) is 17.8 Å². The highest BCUT2D eigenvalue weighted by Gasteiger charge is 2.12. The molecule has 0 fully saturated rings. The first-order valence-electron chi connectivity index (χ1n) is 5.35. The average Bonchev–Trinajstić information content (AvgIpc) is 2.76. The molecule has 1 aromatic carbocycles. The molecule has 17 heavy (non-hydrogen) atoms. The second-order valence-corrected chi connectivity index (χ2v) is 3.79. The molecule has 1 amide bonds. The SMILES string of the molecule is Cc1ccoc1C(=O)Nc1ccc(CN)cc1. The van der Waals surface area contributed by atoms with Crippen molar-refractivity contribution in [3.8, 4) is 0 Å². The van der Waals surface area contributed by atoms with Crippen molar-refractivity contribution in [3.05, 3.63) is 53.5 Å². The van der Waals surface area contributed by atoms with Gasteiger partial charge in [-0.15, -0.1) is 0 Å². The Morgan fingerprint density at radius 2 is 2.00 bits per heavy atom. The van der Waals surface area contributed by atoms with Gasteiger partial charge in [0.2, 0.25) is 0 Å². The Labute approximate surface area is 99.4 Å². The predicted octanol–water partition coefficient (Wildman–Crippen LogP) is 2.30. The Morgan fingerprint density at radius 1 is 1.29 bits per heavy atom. The largest absolute Gasteiger partial charge is 0.459 e. The Kier molecular flexibility index (Phi) is 3.25. The third-order valence-electron chi connectivity index (χ3n) is 2.52. The van der Waals surface area contributed by atoms with Crippen LogP contribution in [0.4, 0.5) is 5.69 Å². The number of nitrogens with two attached hydrogens (primary N) is 1. The van der Waals surface area contributed by atoms with E-state index in [4.69, 9.17) is 10.2 Å². The van der Waals surface area contributed by atoms with Crippen molar-refractivity contribution in [1.82, 2.24) is 0 Å². The van der Waals surface area contributed by atoms with Gasteiger partial charge >= 0.3 is 0 Å². The van der Waals surface area contributed by atoms with Crippen LogP contribution in [0, 0.1) is 6.92 Å². The molecule has 0 radical (unpaired) electrons. The van der Waals surface area contributed by atoms with Gasteiger partial charge in [0.25, 0.3) is 5.91 Å². The fourth-order valence-electron chi connectivity index (χ4n) is 1.52. The fraction of sp³-hybridized carbons (Fsp3) is 0.154. The lowest BCUT2D eigenvalue weighted by molar-refractivity contribution is 0.0996. The van der Waals surface area contributed by atoms with Crippen LogP contribution in [0.1, 0.15) is 21.7 Å². The molecule has 0 saturated carbocycles. The Hall–Kier alpha value is -2.07. The average molecular weight is 230 g/mol. The predicted molar refractivity (Wildman–Crippen MR) is 65.7 cm³/mol. The Morgan fingerprint density at radius 3 is 2.53 bits per heavy atom. The molecule has 0 aliphatic heterocycles. The lowest BCUT2D eigenvalue weighted by atomic mass is 10.2. The van der Waals surface area contributed by atoms with E-state index in [2.05, 4.69) is 5.32 Å². The van der Waals surface area contributed by atoms with Gasteiger partial charge in [-0.05, 0) is 30.7 Å². The maximum Gasteiger partial charge on any atom is 0.291 e. The van der Waals surface area contributed by atoms with Crippen molar-refractivity contribution in [3.63, 3.8) is 0 Å². The second kappa shape index (κ2) is 4.84. The highest BCUT2D eigenvalue weighted by Crippen LogP contribution is 2.13. The molecule has 4 heteroatoms. The van der Waals surface area contributed by atoms with Crippen molar-refractivity contribution in [2.24, 2.45) is 5.73 Å². The number of nitrogens with one attached hydrogen (secondary N) is 1. The lowest BCUT2D eigenvalue weighted by Gasteiger charge is -2.04. The minimum atomic E-state index is -0.243. The summed E-state index contributed by atoms with van der Waals surface area (Å²) in [6.45, 7) is 2.32. The number of aryl methyl sites for hydroxylation is 1. The number of benzene rings is 1. The summed E-state index contributed by atoms with van der Waals surface area (Å²) in [5.41, 5.74) is 8.07. The van der Waals surface area contributed by atoms with Crippen LogP contribution in [-0.2, 0) is 6.54 Å². The van der Waals surface area contributed by atoms with Crippen molar-refractivity contribution >= 4 is 11.6 Å². The van der Waals surface area contributed by atoms with E-state index in [1.54, 1.807) is 6.07 Å². The molecule has 1 aromatic heterocycles. The van der Waals surface area contributed by atoms with E-state index in [-0.39, 0.29) is 5.91 Å². The van der Waals surface area contributed by atoms with Gasteiger partial charge in [0.05, 0.1) is 6.26 Å². The minimum Gasteiger partial charge on any atom is -0.459 e. The first-order chi connectivity index (χ1) is 8.20. The van der Waals surface area contributed by atoms with E-state index in [1.807, 2.05) is 31.2 Å². The molecule has 0 spiro atoms. The van der Waals surface area contributed by atoms with Gasteiger partial charge in [-0.3, -0.25) is 4.79 Å². The summed E-state index contributed by atoms with van der Waals surface area (Å²) < 4.78 is 5.11. The van der Waals surface area contributed by atoms with Gasteiger partial charge in [0.1, 0.15) is 0 Å². The molecule has 2 rings (SSSR count). The summed E-state index contributed by atoms with van der Waals surface area (Å²) in [6.07, 6.45) is 1.50. The third kappa shape index (κ3) is 2.54. The smallest absolute Gasteiger partial charge is 0.291 e. The zero-order chi connectivity index (χ0) is 12.3. The topological polar surface area (TPSA) is 68.3 Å². The van der Waals surface area contributed by atoms with Crippen LogP contribution in [-0.4, -0.2) is 5.91 Å². The molecule has 0 atom stereocenters. The maximum absolute atomic E-state index is 11.8. The minimum absolute atomic E-state index is 0.243. The van der Waals surface area contributed by atoms with E-state index in [0.717, 1.165) is 16.8 Å². The molecule has 2 aromatic rings. The van der Waals surface area contributed by atoms with E-state index < -0.39 is 0 Å². The summed E-state index contributed by atoms with van der Waals surface area (Å²) in [4.78, 5) is 11.8. The summed E-state index contributed by atoms with van der Waals surface area (Å²) in [5, 5.41) is 2.76. The van der Waals surface area contributed by atoms with Crippen molar-refractivity contribution in [2.45, 2.75) is 13.5 Å². The first-order valence-corrected chi connectivity index (χ1v) is 5.35. The molecule has 1 heterocycles. The van der Waals surface area contributed by atoms with Gasteiger partial charge in [-0.2, -0.15) is 0 Å². The molecule has 4 nitrogen and oxygen atoms in total. The van der Waals surface area contributed by atoms with Crippen LogP contribution in [0.15, 0.2) is 41.0 Å². The zero-order valence-electron chi connectivity index (χ0n) is 9.57. The summed E-state index contributed by atoms with van der Waals surface area (Å²) >= 11 is 0. The number of rotatable bonds is 3. The lowest BCUT2D eigenvalue weighted by Crippen LogP contribution is -2.12. The second-order valence-electron chi connectivity index (χ2n) is 3.79. The summed E-state index contributed by atoms with van der Waals surface area (Å²) in [5.74, 6) is 0.0981. The van der Waals surface area contributed by atoms with Crippen LogP contribution >= 0.6 is 0 Å². The van der Waals surface area contributed by atoms with E-state index in [0.29, 0.717) is 12.3 Å². The molecular weight excluding hydrogens is 216 g/mol. The molecule has 0 saturated heterocycles. The van der Waals surface area contributed by atoms with Crippen LogP contribution in [0.2, 0.25) is 0 Å². The van der Waals surface area contributed by atoms with E-state index >= 15 is 0 Å². The van der Waals surface area contributed by atoms with Crippen LogP contribution in [0.5, 0.6) is 0 Å². The van der Waals surface area contributed by atoms with Gasteiger partial charge in [-0.1, -0.05) is 12.1 Å². The number of furan rings is 1.